The second kappa shape index (κ2) is 7.12. The van der Waals surface area contributed by atoms with E-state index in [0.29, 0.717) is 30.4 Å². The van der Waals surface area contributed by atoms with Gasteiger partial charge in [0.2, 0.25) is 5.88 Å². The number of ether oxygens (including phenoxy) is 1. The predicted molar refractivity (Wildman–Crippen MR) is 67.7 cm³/mol. The number of amides is 1. The summed E-state index contributed by atoms with van der Waals surface area (Å²) >= 11 is 5.70. The average molecular weight is 257 g/mol. The Labute approximate surface area is 107 Å². The SMILES string of the molecule is CCCN(CCCl)C(=O)c1cccnc1OC. The summed E-state index contributed by atoms with van der Waals surface area (Å²) in [6.07, 6.45) is 2.49. The molecule has 1 aromatic rings. The number of alkyl halides is 1. The first-order chi connectivity index (χ1) is 8.24. The zero-order valence-corrected chi connectivity index (χ0v) is 10.9. The lowest BCUT2D eigenvalue weighted by molar-refractivity contribution is 0.0761. The topological polar surface area (TPSA) is 42.4 Å². The molecule has 17 heavy (non-hydrogen) atoms. The summed E-state index contributed by atoms with van der Waals surface area (Å²) in [6.45, 7) is 3.24. The number of aromatic nitrogens is 1. The molecule has 5 heteroatoms. The molecule has 1 rings (SSSR count). The van der Waals surface area contributed by atoms with E-state index in [-0.39, 0.29) is 5.91 Å². The molecule has 0 aromatic carbocycles. The fraction of sp³-hybridized carbons (Fsp3) is 0.500. The molecule has 1 amide bonds. The minimum atomic E-state index is -0.0857. The van der Waals surface area contributed by atoms with Crippen molar-refractivity contribution >= 4 is 17.5 Å². The van der Waals surface area contributed by atoms with Crippen molar-refractivity contribution in [3.63, 3.8) is 0 Å². The van der Waals surface area contributed by atoms with Gasteiger partial charge < -0.3 is 9.64 Å². The van der Waals surface area contributed by atoms with Gasteiger partial charge in [0, 0.05) is 25.2 Å². The van der Waals surface area contributed by atoms with Crippen LogP contribution in [-0.2, 0) is 0 Å². The number of carbonyl (C=O) groups is 1. The van der Waals surface area contributed by atoms with Gasteiger partial charge in [-0.2, -0.15) is 0 Å². The highest BCUT2D eigenvalue weighted by Gasteiger charge is 2.18. The van der Waals surface area contributed by atoms with E-state index in [1.807, 2.05) is 6.92 Å². The van der Waals surface area contributed by atoms with Gasteiger partial charge in [-0.3, -0.25) is 4.79 Å². The molecule has 4 nitrogen and oxygen atoms in total. The van der Waals surface area contributed by atoms with Crippen LogP contribution in [-0.4, -0.2) is 41.9 Å². The molecule has 1 heterocycles. The van der Waals surface area contributed by atoms with Gasteiger partial charge in [0.05, 0.1) is 7.11 Å². The summed E-state index contributed by atoms with van der Waals surface area (Å²) in [7, 11) is 1.50. The van der Waals surface area contributed by atoms with E-state index in [4.69, 9.17) is 16.3 Å². The maximum Gasteiger partial charge on any atom is 0.259 e. The maximum absolute atomic E-state index is 12.3. The molecule has 1 aromatic heterocycles. The minimum Gasteiger partial charge on any atom is -0.480 e. The van der Waals surface area contributed by atoms with Crippen molar-refractivity contribution in [2.24, 2.45) is 0 Å². The van der Waals surface area contributed by atoms with Crippen molar-refractivity contribution in [1.29, 1.82) is 0 Å². The minimum absolute atomic E-state index is 0.0857. The summed E-state index contributed by atoms with van der Waals surface area (Å²) in [5.41, 5.74) is 0.480. The molecular formula is C12H17ClN2O2. The van der Waals surface area contributed by atoms with Gasteiger partial charge >= 0.3 is 0 Å². The molecule has 0 saturated carbocycles. The van der Waals surface area contributed by atoms with Crippen molar-refractivity contribution in [3.8, 4) is 5.88 Å². The van der Waals surface area contributed by atoms with E-state index in [0.717, 1.165) is 6.42 Å². The van der Waals surface area contributed by atoms with Crippen molar-refractivity contribution in [1.82, 2.24) is 9.88 Å². The molecule has 0 aliphatic heterocycles. The van der Waals surface area contributed by atoms with Gasteiger partial charge in [0.25, 0.3) is 5.91 Å². The largest absolute Gasteiger partial charge is 0.480 e. The van der Waals surface area contributed by atoms with Gasteiger partial charge in [0.15, 0.2) is 0 Å². The Balaban J connectivity index is 2.92. The monoisotopic (exact) mass is 256 g/mol. The summed E-state index contributed by atoms with van der Waals surface area (Å²) in [6, 6.07) is 3.44. The average Bonchev–Trinajstić information content (AvgIpc) is 2.37. The molecule has 0 aliphatic carbocycles. The summed E-state index contributed by atoms with van der Waals surface area (Å²) in [5, 5.41) is 0. The van der Waals surface area contributed by atoms with Gasteiger partial charge in [-0.1, -0.05) is 6.92 Å². The van der Waals surface area contributed by atoms with E-state index in [9.17, 15) is 4.79 Å². The highest BCUT2D eigenvalue weighted by atomic mass is 35.5. The number of methoxy groups -OCH3 is 1. The lowest BCUT2D eigenvalue weighted by atomic mass is 10.2. The first-order valence-corrected chi connectivity index (χ1v) is 6.12. The zero-order valence-electron chi connectivity index (χ0n) is 10.1. The Morgan fingerprint density at radius 1 is 1.53 bits per heavy atom. The van der Waals surface area contributed by atoms with Crippen LogP contribution in [0, 0.1) is 0 Å². The molecule has 0 radical (unpaired) electrons. The van der Waals surface area contributed by atoms with E-state index < -0.39 is 0 Å². The van der Waals surface area contributed by atoms with Gasteiger partial charge in [-0.25, -0.2) is 4.98 Å². The van der Waals surface area contributed by atoms with Crippen LogP contribution < -0.4 is 4.74 Å². The smallest absolute Gasteiger partial charge is 0.259 e. The second-order valence-corrected chi connectivity index (χ2v) is 3.92. The van der Waals surface area contributed by atoms with Crippen LogP contribution >= 0.6 is 11.6 Å². The number of rotatable bonds is 6. The zero-order chi connectivity index (χ0) is 12.7. The molecule has 0 saturated heterocycles. The second-order valence-electron chi connectivity index (χ2n) is 3.54. The molecule has 0 atom stereocenters. The van der Waals surface area contributed by atoms with Crippen molar-refractivity contribution in [2.75, 3.05) is 26.1 Å². The van der Waals surface area contributed by atoms with E-state index in [1.54, 1.807) is 23.2 Å². The third-order valence-electron chi connectivity index (χ3n) is 2.33. The van der Waals surface area contributed by atoms with Gasteiger partial charge in [-0.05, 0) is 18.6 Å². The Kier molecular flexibility index (Phi) is 5.77. The number of pyridine rings is 1. The summed E-state index contributed by atoms with van der Waals surface area (Å²) in [4.78, 5) is 18.0. The Morgan fingerprint density at radius 3 is 2.88 bits per heavy atom. The van der Waals surface area contributed by atoms with Gasteiger partial charge in [-0.15, -0.1) is 11.6 Å². The van der Waals surface area contributed by atoms with E-state index >= 15 is 0 Å². The molecule has 0 spiro atoms. The third kappa shape index (κ3) is 3.60. The fourth-order valence-corrected chi connectivity index (χ4v) is 1.78. The number of nitrogens with zero attached hydrogens (tertiary/aromatic N) is 2. The van der Waals surface area contributed by atoms with Crippen LogP contribution in [0.1, 0.15) is 23.7 Å². The Morgan fingerprint density at radius 2 is 2.29 bits per heavy atom. The van der Waals surface area contributed by atoms with Crippen LogP contribution in [0.15, 0.2) is 18.3 Å². The number of hydrogen-bond acceptors (Lipinski definition) is 3. The third-order valence-corrected chi connectivity index (χ3v) is 2.50. The quantitative estimate of drug-likeness (QED) is 0.733. The Bertz CT molecular complexity index is 365. The fourth-order valence-electron chi connectivity index (χ4n) is 1.57. The molecule has 0 bridgehead atoms. The normalized spacial score (nSPS) is 10.1. The van der Waals surface area contributed by atoms with Gasteiger partial charge in [0.1, 0.15) is 5.56 Å². The van der Waals surface area contributed by atoms with Crippen LogP contribution in [0.3, 0.4) is 0 Å². The molecule has 0 fully saturated rings. The number of carbonyl (C=O) groups excluding carboxylic acids is 1. The van der Waals surface area contributed by atoms with Crippen molar-refractivity contribution in [3.05, 3.63) is 23.9 Å². The molecule has 0 unspecified atom stereocenters. The highest BCUT2D eigenvalue weighted by Crippen LogP contribution is 2.16. The number of halogens is 1. The van der Waals surface area contributed by atoms with E-state index in [1.165, 1.54) is 7.11 Å². The molecule has 0 aliphatic rings. The van der Waals surface area contributed by atoms with Crippen molar-refractivity contribution < 1.29 is 9.53 Å². The number of hydrogen-bond donors (Lipinski definition) is 0. The predicted octanol–water partition coefficient (Wildman–Crippen LogP) is 2.18. The highest BCUT2D eigenvalue weighted by molar-refractivity contribution is 6.18. The molecule has 94 valence electrons. The van der Waals surface area contributed by atoms with Crippen molar-refractivity contribution in [2.45, 2.75) is 13.3 Å². The Hall–Kier alpha value is -1.29. The van der Waals surface area contributed by atoms with Crippen LogP contribution in [0.4, 0.5) is 0 Å². The summed E-state index contributed by atoms with van der Waals surface area (Å²) < 4.78 is 5.08. The summed E-state index contributed by atoms with van der Waals surface area (Å²) in [5.74, 6) is 0.694. The first kappa shape index (κ1) is 13.8. The lowest BCUT2D eigenvalue weighted by Gasteiger charge is -2.21. The lowest BCUT2D eigenvalue weighted by Crippen LogP contribution is -2.33. The van der Waals surface area contributed by atoms with Crippen LogP contribution in [0.5, 0.6) is 5.88 Å². The standard InChI is InChI=1S/C12H17ClN2O2/c1-3-8-15(9-6-13)12(16)10-5-4-7-14-11(10)17-2/h4-5,7H,3,6,8-9H2,1-2H3. The van der Waals surface area contributed by atoms with Crippen LogP contribution in [0.2, 0.25) is 0 Å². The van der Waals surface area contributed by atoms with Crippen LogP contribution in [0.25, 0.3) is 0 Å². The first-order valence-electron chi connectivity index (χ1n) is 5.58. The maximum atomic E-state index is 12.3. The molecular weight excluding hydrogens is 240 g/mol. The van der Waals surface area contributed by atoms with E-state index in [2.05, 4.69) is 4.98 Å². The molecule has 0 N–H and O–H groups in total.